The summed E-state index contributed by atoms with van der Waals surface area (Å²) in [6.45, 7) is 1.60. The summed E-state index contributed by atoms with van der Waals surface area (Å²) in [5, 5.41) is 16.3. The second kappa shape index (κ2) is 13.1. The van der Waals surface area contributed by atoms with Crippen molar-refractivity contribution in [2.24, 2.45) is 0 Å². The van der Waals surface area contributed by atoms with Gasteiger partial charge in [0.15, 0.2) is 17.5 Å². The number of ether oxygens (including phenoxy) is 2. The minimum absolute atomic E-state index is 0.0503. The van der Waals surface area contributed by atoms with Crippen molar-refractivity contribution >= 4 is 23.4 Å². The van der Waals surface area contributed by atoms with Gasteiger partial charge in [0.05, 0.1) is 14.2 Å². The highest BCUT2D eigenvalue weighted by Crippen LogP contribution is 2.31. The number of rotatable bonds is 11. The Hall–Kier alpha value is -4.38. The first-order valence-corrected chi connectivity index (χ1v) is 14.1. The van der Waals surface area contributed by atoms with Gasteiger partial charge < -0.3 is 24.1 Å². The number of benzene rings is 2. The Labute approximate surface area is 248 Å². The molecule has 2 amide bonds. The Bertz CT molecular complexity index is 1550. The van der Waals surface area contributed by atoms with E-state index in [2.05, 4.69) is 20.7 Å². The number of aromatic nitrogens is 4. The zero-order valence-corrected chi connectivity index (χ0v) is 24.5. The lowest BCUT2D eigenvalue weighted by Gasteiger charge is -2.31. The number of carbonyl (C=O) groups is 2. The Balaban J connectivity index is 1.46. The standard InChI is InChI=1S/C30H33ClN6O5/c1-19-12-14-25(42-19)28(30(39)32-22-9-5-6-10-22)36(17-21-8-4-7-11-23(21)31)27(38)18-37-34-29(33-35-37)20-13-15-24(40-2)26(16-20)41-3/h4,7-8,11-16,22,28H,5-6,9-10,17-18H2,1-3H3,(H,32,39). The molecule has 1 unspecified atom stereocenters. The van der Waals surface area contributed by atoms with E-state index in [1.165, 1.54) is 16.8 Å². The topological polar surface area (TPSA) is 125 Å². The van der Waals surface area contributed by atoms with E-state index in [-0.39, 0.29) is 25.0 Å². The molecule has 1 fully saturated rings. The van der Waals surface area contributed by atoms with Crippen LogP contribution in [0.2, 0.25) is 5.02 Å². The number of hydrogen-bond donors (Lipinski definition) is 1. The summed E-state index contributed by atoms with van der Waals surface area (Å²) in [4.78, 5) is 30.5. The van der Waals surface area contributed by atoms with Gasteiger partial charge in [0.1, 0.15) is 18.1 Å². The quantitative estimate of drug-likeness (QED) is 0.265. The van der Waals surface area contributed by atoms with Crippen LogP contribution in [0.4, 0.5) is 0 Å². The van der Waals surface area contributed by atoms with Gasteiger partial charge in [0, 0.05) is 23.2 Å². The summed E-state index contributed by atoms with van der Waals surface area (Å²) < 4.78 is 16.6. The third kappa shape index (κ3) is 6.57. The first-order chi connectivity index (χ1) is 20.4. The average molecular weight is 593 g/mol. The van der Waals surface area contributed by atoms with Crippen molar-refractivity contribution in [3.8, 4) is 22.9 Å². The van der Waals surface area contributed by atoms with Crippen molar-refractivity contribution in [2.75, 3.05) is 14.2 Å². The van der Waals surface area contributed by atoms with Crippen molar-refractivity contribution in [2.45, 2.75) is 57.8 Å². The lowest BCUT2D eigenvalue weighted by atomic mass is 10.1. The van der Waals surface area contributed by atoms with Gasteiger partial charge in [-0.3, -0.25) is 9.59 Å². The fourth-order valence-electron chi connectivity index (χ4n) is 5.12. The highest BCUT2D eigenvalue weighted by atomic mass is 35.5. The summed E-state index contributed by atoms with van der Waals surface area (Å²) in [5.41, 5.74) is 1.33. The number of hydrogen-bond acceptors (Lipinski definition) is 8. The molecule has 220 valence electrons. The summed E-state index contributed by atoms with van der Waals surface area (Å²) in [7, 11) is 3.09. The van der Waals surface area contributed by atoms with E-state index in [1.807, 2.05) is 18.2 Å². The van der Waals surface area contributed by atoms with Gasteiger partial charge in [0.25, 0.3) is 5.91 Å². The van der Waals surface area contributed by atoms with E-state index in [1.54, 1.807) is 50.4 Å². The number of tetrazole rings is 1. The first-order valence-electron chi connectivity index (χ1n) is 13.8. The molecule has 5 rings (SSSR count). The summed E-state index contributed by atoms with van der Waals surface area (Å²) in [6, 6.07) is 15.0. The number of amides is 2. The molecular formula is C30H33ClN6O5. The zero-order chi connectivity index (χ0) is 29.6. The first kappa shape index (κ1) is 29.1. The molecule has 2 aromatic heterocycles. The summed E-state index contributed by atoms with van der Waals surface area (Å²) >= 11 is 6.50. The monoisotopic (exact) mass is 592 g/mol. The molecule has 2 heterocycles. The highest BCUT2D eigenvalue weighted by molar-refractivity contribution is 6.31. The molecule has 1 aliphatic rings. The van der Waals surface area contributed by atoms with Gasteiger partial charge in [-0.2, -0.15) is 4.80 Å². The van der Waals surface area contributed by atoms with Crippen LogP contribution in [-0.2, 0) is 22.7 Å². The van der Waals surface area contributed by atoms with Gasteiger partial charge in [-0.1, -0.05) is 42.6 Å². The van der Waals surface area contributed by atoms with Crippen LogP contribution in [0, 0.1) is 6.92 Å². The van der Waals surface area contributed by atoms with Crippen LogP contribution < -0.4 is 14.8 Å². The van der Waals surface area contributed by atoms with E-state index in [0.29, 0.717) is 45.0 Å². The van der Waals surface area contributed by atoms with Crippen LogP contribution >= 0.6 is 11.6 Å². The van der Waals surface area contributed by atoms with Crippen LogP contribution in [0.5, 0.6) is 11.5 Å². The van der Waals surface area contributed by atoms with Crippen LogP contribution in [0.1, 0.15) is 48.8 Å². The minimum Gasteiger partial charge on any atom is -0.493 e. The molecule has 12 heteroatoms. The number of carbonyl (C=O) groups excluding carboxylic acids is 2. The van der Waals surface area contributed by atoms with Gasteiger partial charge in [-0.15, -0.1) is 10.2 Å². The molecule has 11 nitrogen and oxygen atoms in total. The maximum absolute atomic E-state index is 14.0. The predicted molar refractivity (Wildman–Crippen MR) is 155 cm³/mol. The second-order valence-corrected chi connectivity index (χ2v) is 10.6. The molecule has 0 spiro atoms. The molecule has 1 aliphatic carbocycles. The zero-order valence-electron chi connectivity index (χ0n) is 23.7. The second-order valence-electron chi connectivity index (χ2n) is 10.2. The maximum Gasteiger partial charge on any atom is 0.250 e. The largest absolute Gasteiger partial charge is 0.493 e. The molecule has 1 saturated carbocycles. The lowest BCUT2D eigenvalue weighted by molar-refractivity contribution is -0.143. The molecule has 0 bridgehead atoms. The molecule has 0 saturated heterocycles. The normalized spacial score (nSPS) is 14.0. The fourth-order valence-corrected chi connectivity index (χ4v) is 5.32. The van der Waals surface area contributed by atoms with Crippen molar-refractivity contribution in [1.82, 2.24) is 30.4 Å². The summed E-state index contributed by atoms with van der Waals surface area (Å²) in [6.07, 6.45) is 3.90. The Morgan fingerprint density at radius 1 is 1.10 bits per heavy atom. The third-order valence-electron chi connectivity index (χ3n) is 7.28. The summed E-state index contributed by atoms with van der Waals surface area (Å²) in [5.74, 6) is 1.65. The van der Waals surface area contributed by atoms with Crippen molar-refractivity contribution in [1.29, 1.82) is 0 Å². The van der Waals surface area contributed by atoms with Crippen LogP contribution in [0.25, 0.3) is 11.4 Å². The van der Waals surface area contributed by atoms with Crippen molar-refractivity contribution in [3.63, 3.8) is 0 Å². The van der Waals surface area contributed by atoms with Gasteiger partial charge >= 0.3 is 0 Å². The van der Waals surface area contributed by atoms with Gasteiger partial charge in [-0.25, -0.2) is 0 Å². The molecule has 2 aromatic carbocycles. The van der Waals surface area contributed by atoms with E-state index in [9.17, 15) is 9.59 Å². The lowest BCUT2D eigenvalue weighted by Crippen LogP contribution is -2.46. The number of nitrogens with zero attached hydrogens (tertiary/aromatic N) is 5. The fraction of sp³-hybridized carbons (Fsp3) is 0.367. The predicted octanol–water partition coefficient (Wildman–Crippen LogP) is 4.74. The molecule has 0 radical (unpaired) electrons. The molecule has 42 heavy (non-hydrogen) atoms. The maximum atomic E-state index is 14.0. The number of nitrogens with one attached hydrogen (secondary N) is 1. The SMILES string of the molecule is COc1ccc(-c2nnn(CC(=O)N(Cc3ccccc3Cl)C(C(=O)NC3CCCC3)c3ccc(C)o3)n2)cc1OC. The average Bonchev–Trinajstić information content (AvgIpc) is 3.77. The Morgan fingerprint density at radius 3 is 2.55 bits per heavy atom. The van der Waals surface area contributed by atoms with Crippen LogP contribution in [0.3, 0.4) is 0 Å². The minimum atomic E-state index is -1.03. The molecule has 0 aliphatic heterocycles. The molecule has 4 aromatic rings. The van der Waals surface area contributed by atoms with Gasteiger partial charge in [-0.05, 0) is 66.9 Å². The third-order valence-corrected chi connectivity index (χ3v) is 7.65. The Morgan fingerprint density at radius 2 is 1.86 bits per heavy atom. The van der Waals surface area contributed by atoms with E-state index < -0.39 is 11.9 Å². The van der Waals surface area contributed by atoms with Crippen LogP contribution in [-0.4, -0.2) is 57.2 Å². The molecule has 1 atom stereocenters. The number of aryl methyl sites for hydroxylation is 1. The number of furan rings is 1. The number of halogens is 1. The molecular weight excluding hydrogens is 560 g/mol. The van der Waals surface area contributed by atoms with Crippen molar-refractivity contribution in [3.05, 3.63) is 76.7 Å². The van der Waals surface area contributed by atoms with Crippen molar-refractivity contribution < 1.29 is 23.5 Å². The Kier molecular flexibility index (Phi) is 9.06. The smallest absolute Gasteiger partial charge is 0.250 e. The van der Waals surface area contributed by atoms with E-state index in [4.69, 9.17) is 25.5 Å². The van der Waals surface area contributed by atoms with E-state index in [0.717, 1.165) is 25.7 Å². The highest BCUT2D eigenvalue weighted by Gasteiger charge is 2.36. The van der Waals surface area contributed by atoms with E-state index >= 15 is 0 Å². The number of methoxy groups -OCH3 is 2. The van der Waals surface area contributed by atoms with Crippen LogP contribution in [0.15, 0.2) is 59.0 Å². The van der Waals surface area contributed by atoms with Gasteiger partial charge in [0.2, 0.25) is 11.7 Å². The molecule has 1 N–H and O–H groups in total.